The van der Waals surface area contributed by atoms with Gasteiger partial charge in [0.25, 0.3) is 0 Å². The lowest BCUT2D eigenvalue weighted by Crippen LogP contribution is -2.49. The van der Waals surface area contributed by atoms with Crippen LogP contribution < -0.4 is 4.90 Å². The molecule has 2 aromatic heterocycles. The highest BCUT2D eigenvalue weighted by Gasteiger charge is 2.23. The summed E-state index contributed by atoms with van der Waals surface area (Å²) in [6.07, 6.45) is 3.48. The average Bonchev–Trinajstić information content (AvgIpc) is 3.13. The fourth-order valence-corrected chi connectivity index (χ4v) is 4.25. The maximum atomic E-state index is 12.7. The Morgan fingerprint density at radius 3 is 2.45 bits per heavy atom. The molecule has 1 aromatic carbocycles. The monoisotopic (exact) mass is 409 g/mol. The van der Waals surface area contributed by atoms with E-state index >= 15 is 0 Å². The molecule has 1 saturated heterocycles. The summed E-state index contributed by atoms with van der Waals surface area (Å²) in [5.41, 5.74) is 2.18. The maximum absolute atomic E-state index is 12.7. The number of carbonyl (C=O) groups is 1. The van der Waals surface area contributed by atoms with Crippen LogP contribution >= 0.6 is 11.8 Å². The Labute approximate surface area is 174 Å². The van der Waals surface area contributed by atoms with Crippen LogP contribution in [0.25, 0.3) is 5.69 Å². The van der Waals surface area contributed by atoms with Crippen molar-refractivity contribution in [1.82, 2.24) is 29.6 Å². The van der Waals surface area contributed by atoms with Gasteiger partial charge in [-0.25, -0.2) is 9.97 Å². The van der Waals surface area contributed by atoms with Crippen molar-refractivity contribution in [3.63, 3.8) is 0 Å². The first-order valence-electron chi connectivity index (χ1n) is 9.54. The first-order chi connectivity index (χ1) is 14.1. The lowest BCUT2D eigenvalue weighted by molar-refractivity contribution is -0.128. The third-order valence-electron chi connectivity index (χ3n) is 4.94. The molecule has 0 N–H and O–H groups in total. The topological polar surface area (TPSA) is 80.0 Å². The molecule has 4 rings (SSSR count). The predicted molar refractivity (Wildman–Crippen MR) is 112 cm³/mol. The van der Waals surface area contributed by atoms with Crippen molar-refractivity contribution in [3.05, 3.63) is 54.1 Å². The molecule has 3 aromatic rings. The Kier molecular flexibility index (Phi) is 5.75. The van der Waals surface area contributed by atoms with Gasteiger partial charge in [-0.3, -0.25) is 9.36 Å². The molecule has 1 amide bonds. The van der Waals surface area contributed by atoms with Crippen LogP contribution in [-0.4, -0.2) is 67.5 Å². The average molecular weight is 410 g/mol. The van der Waals surface area contributed by atoms with Crippen molar-refractivity contribution in [1.29, 1.82) is 0 Å². The van der Waals surface area contributed by atoms with E-state index in [4.69, 9.17) is 0 Å². The number of nitrogens with zero attached hydrogens (tertiary/aromatic N) is 7. The largest absolute Gasteiger partial charge is 0.338 e. The first kappa shape index (κ1) is 19.4. The third-order valence-corrected chi connectivity index (χ3v) is 5.86. The van der Waals surface area contributed by atoms with E-state index < -0.39 is 0 Å². The van der Waals surface area contributed by atoms with Gasteiger partial charge in [-0.15, -0.1) is 10.2 Å². The minimum Gasteiger partial charge on any atom is -0.338 e. The van der Waals surface area contributed by atoms with E-state index in [9.17, 15) is 4.79 Å². The predicted octanol–water partition coefficient (Wildman–Crippen LogP) is 2.12. The Hall–Kier alpha value is -2.94. The number of benzene rings is 1. The fraction of sp³-hybridized carbons (Fsp3) is 0.350. The van der Waals surface area contributed by atoms with Crippen LogP contribution in [0.2, 0.25) is 0 Å². The van der Waals surface area contributed by atoms with Gasteiger partial charge in [0.15, 0.2) is 5.16 Å². The molecule has 29 heavy (non-hydrogen) atoms. The minimum absolute atomic E-state index is 0.112. The van der Waals surface area contributed by atoms with E-state index in [2.05, 4.69) is 38.1 Å². The number of rotatable bonds is 5. The highest BCUT2D eigenvalue weighted by molar-refractivity contribution is 7.99. The van der Waals surface area contributed by atoms with Crippen molar-refractivity contribution in [2.45, 2.75) is 19.0 Å². The summed E-state index contributed by atoms with van der Waals surface area (Å²) in [6, 6.07) is 9.91. The van der Waals surface area contributed by atoms with Crippen LogP contribution in [0.4, 0.5) is 5.95 Å². The van der Waals surface area contributed by atoms with E-state index in [1.807, 2.05) is 34.6 Å². The molecule has 3 heterocycles. The van der Waals surface area contributed by atoms with Gasteiger partial charge in [-0.05, 0) is 31.5 Å². The van der Waals surface area contributed by atoms with Gasteiger partial charge < -0.3 is 9.80 Å². The number of amides is 1. The summed E-state index contributed by atoms with van der Waals surface area (Å²) in [5, 5.41) is 9.23. The van der Waals surface area contributed by atoms with Crippen molar-refractivity contribution in [2.75, 3.05) is 36.8 Å². The smallest absolute Gasteiger partial charge is 0.233 e. The summed E-state index contributed by atoms with van der Waals surface area (Å²) >= 11 is 1.43. The molecule has 0 spiro atoms. The number of hydrogen-bond acceptors (Lipinski definition) is 7. The number of aryl methyl sites for hydroxylation is 2. The second-order valence-corrected chi connectivity index (χ2v) is 7.80. The summed E-state index contributed by atoms with van der Waals surface area (Å²) in [6.45, 7) is 6.79. The molecular formula is C20H23N7OS. The number of para-hydroxylation sites is 1. The number of thioether (sulfide) groups is 1. The molecule has 8 nitrogen and oxygen atoms in total. The van der Waals surface area contributed by atoms with Crippen molar-refractivity contribution >= 4 is 23.6 Å². The number of piperazine rings is 1. The van der Waals surface area contributed by atoms with Crippen LogP contribution in [0.5, 0.6) is 0 Å². The van der Waals surface area contributed by atoms with Gasteiger partial charge in [-0.2, -0.15) is 0 Å². The molecule has 0 atom stereocenters. The van der Waals surface area contributed by atoms with Gasteiger partial charge >= 0.3 is 0 Å². The van der Waals surface area contributed by atoms with Crippen LogP contribution in [0, 0.1) is 13.8 Å². The Bertz CT molecular complexity index is 984. The van der Waals surface area contributed by atoms with Crippen molar-refractivity contribution in [3.8, 4) is 5.69 Å². The molecule has 9 heteroatoms. The van der Waals surface area contributed by atoms with Gasteiger partial charge in [0, 0.05) is 38.6 Å². The summed E-state index contributed by atoms with van der Waals surface area (Å²) in [5.74, 6) is 1.98. The lowest BCUT2D eigenvalue weighted by atomic mass is 10.2. The van der Waals surface area contributed by atoms with Gasteiger partial charge in [0.2, 0.25) is 11.9 Å². The standard InChI is InChI=1S/C20H23N7OS/c1-15-6-3-4-7-17(15)27-16(2)23-24-20(27)29-14-18(28)25-10-12-26(13-11-25)19-21-8-5-9-22-19/h3-9H,10-14H2,1-2H3. The minimum atomic E-state index is 0.112. The van der Waals surface area contributed by atoms with Crippen molar-refractivity contribution in [2.24, 2.45) is 0 Å². The number of carbonyl (C=O) groups excluding carboxylic acids is 1. The summed E-state index contributed by atoms with van der Waals surface area (Å²) in [7, 11) is 0. The molecule has 0 radical (unpaired) electrons. The molecule has 150 valence electrons. The van der Waals surface area contributed by atoms with Crippen LogP contribution in [0.3, 0.4) is 0 Å². The maximum Gasteiger partial charge on any atom is 0.233 e. The zero-order chi connectivity index (χ0) is 20.2. The molecular weight excluding hydrogens is 386 g/mol. The summed E-state index contributed by atoms with van der Waals surface area (Å²) in [4.78, 5) is 25.3. The molecule has 1 fully saturated rings. The second-order valence-electron chi connectivity index (χ2n) is 6.86. The van der Waals surface area contributed by atoms with Gasteiger partial charge in [0.1, 0.15) is 5.82 Å². The van der Waals surface area contributed by atoms with E-state index in [1.165, 1.54) is 11.8 Å². The van der Waals surface area contributed by atoms with Crippen LogP contribution in [-0.2, 0) is 4.79 Å². The quantitative estimate of drug-likeness (QED) is 0.597. The van der Waals surface area contributed by atoms with E-state index in [1.54, 1.807) is 18.5 Å². The number of aromatic nitrogens is 5. The Morgan fingerprint density at radius 1 is 1.00 bits per heavy atom. The van der Waals surface area contributed by atoms with E-state index in [-0.39, 0.29) is 5.91 Å². The second kappa shape index (κ2) is 8.60. The van der Waals surface area contributed by atoms with Gasteiger partial charge in [0.05, 0.1) is 11.4 Å². The molecule has 0 aliphatic carbocycles. The Morgan fingerprint density at radius 2 is 1.72 bits per heavy atom. The summed E-state index contributed by atoms with van der Waals surface area (Å²) < 4.78 is 2.01. The zero-order valence-electron chi connectivity index (χ0n) is 16.5. The fourth-order valence-electron chi connectivity index (χ4n) is 3.36. The molecule has 0 unspecified atom stereocenters. The first-order valence-corrected chi connectivity index (χ1v) is 10.5. The third kappa shape index (κ3) is 4.24. The van der Waals surface area contributed by atoms with Gasteiger partial charge in [-0.1, -0.05) is 30.0 Å². The Balaban J connectivity index is 1.37. The number of anilines is 1. The number of hydrogen-bond donors (Lipinski definition) is 0. The zero-order valence-corrected chi connectivity index (χ0v) is 17.3. The highest BCUT2D eigenvalue weighted by atomic mass is 32.2. The van der Waals surface area contributed by atoms with Crippen LogP contribution in [0.15, 0.2) is 47.9 Å². The van der Waals surface area contributed by atoms with E-state index in [0.29, 0.717) is 18.8 Å². The highest BCUT2D eigenvalue weighted by Crippen LogP contribution is 2.24. The van der Waals surface area contributed by atoms with Crippen molar-refractivity contribution < 1.29 is 4.79 Å². The van der Waals surface area contributed by atoms with E-state index in [0.717, 1.165) is 41.3 Å². The molecule has 1 aliphatic rings. The molecule has 0 bridgehead atoms. The SMILES string of the molecule is Cc1ccccc1-n1c(C)nnc1SCC(=O)N1CCN(c2ncccn2)CC1. The molecule has 1 aliphatic heterocycles. The lowest BCUT2D eigenvalue weighted by Gasteiger charge is -2.34. The molecule has 0 saturated carbocycles. The van der Waals surface area contributed by atoms with Crippen LogP contribution in [0.1, 0.15) is 11.4 Å². The normalized spacial score (nSPS) is 14.3.